The number of amides is 2. The number of ether oxygens (including phenoxy) is 1. The van der Waals surface area contributed by atoms with Gasteiger partial charge < -0.3 is 25.6 Å². The molecule has 1 aliphatic heterocycles. The van der Waals surface area contributed by atoms with Crippen molar-refractivity contribution in [3.8, 4) is 11.4 Å². The number of aromatic nitrogens is 4. The Kier molecular flexibility index (Phi) is 7.24. The Bertz CT molecular complexity index is 1460. The second-order valence-corrected chi connectivity index (χ2v) is 9.21. The topological polar surface area (TPSA) is 109 Å². The highest BCUT2D eigenvalue weighted by Crippen LogP contribution is 2.39. The zero-order valence-electron chi connectivity index (χ0n) is 21.3. The van der Waals surface area contributed by atoms with Crippen molar-refractivity contribution >= 4 is 34.4 Å². The van der Waals surface area contributed by atoms with E-state index in [2.05, 4.69) is 35.8 Å². The summed E-state index contributed by atoms with van der Waals surface area (Å²) in [6, 6.07) is 9.71. The summed E-state index contributed by atoms with van der Waals surface area (Å²) >= 11 is 0. The standard InChI is InChI=1S/C26H27F3N8O2/c1-30-23-22-24(32-14-31-23)37(15-33-22)18-6-3-16(4-7-18)34-25(38)35-17-5-8-21(20(13-17)26(27,28)29)39-19-9-11-36(2)12-10-19/h3-8,13-15,19H,9-12H2,1-2H3,(H,30,31,32)(H2,34,35,38). The molecule has 10 nitrogen and oxygen atoms in total. The van der Waals surface area contributed by atoms with E-state index >= 15 is 0 Å². The molecule has 4 aromatic rings. The molecule has 0 spiro atoms. The molecule has 3 heterocycles. The molecule has 39 heavy (non-hydrogen) atoms. The maximum Gasteiger partial charge on any atom is 0.420 e. The number of likely N-dealkylation sites (tertiary alicyclic amines) is 1. The molecule has 0 unspecified atom stereocenters. The number of alkyl halides is 3. The summed E-state index contributed by atoms with van der Waals surface area (Å²) in [5, 5.41) is 8.07. The largest absolute Gasteiger partial charge is 0.490 e. The van der Waals surface area contributed by atoms with E-state index < -0.39 is 17.8 Å². The van der Waals surface area contributed by atoms with Gasteiger partial charge in [-0.25, -0.2) is 19.7 Å². The van der Waals surface area contributed by atoms with Gasteiger partial charge in [-0.15, -0.1) is 0 Å². The van der Waals surface area contributed by atoms with E-state index in [1.165, 1.54) is 18.5 Å². The molecule has 1 saturated heterocycles. The number of halogens is 3. The highest BCUT2D eigenvalue weighted by molar-refractivity contribution is 6.00. The summed E-state index contributed by atoms with van der Waals surface area (Å²) in [7, 11) is 3.71. The van der Waals surface area contributed by atoms with Crippen LogP contribution in [0.25, 0.3) is 16.9 Å². The third-order valence-electron chi connectivity index (χ3n) is 6.48. The van der Waals surface area contributed by atoms with E-state index in [1.807, 2.05) is 7.05 Å². The summed E-state index contributed by atoms with van der Waals surface area (Å²) in [4.78, 5) is 27.5. The number of benzene rings is 2. The van der Waals surface area contributed by atoms with Gasteiger partial charge in [0.25, 0.3) is 0 Å². The Morgan fingerprint density at radius 1 is 1.00 bits per heavy atom. The van der Waals surface area contributed by atoms with Gasteiger partial charge in [-0.1, -0.05) is 0 Å². The summed E-state index contributed by atoms with van der Waals surface area (Å²) in [5.41, 5.74) is 1.49. The maximum absolute atomic E-state index is 13.8. The molecule has 1 fully saturated rings. The summed E-state index contributed by atoms with van der Waals surface area (Å²) in [5.74, 6) is 0.363. The minimum atomic E-state index is -4.64. The molecule has 2 amide bonds. The lowest BCUT2D eigenvalue weighted by Gasteiger charge is -2.30. The molecule has 0 atom stereocenters. The van der Waals surface area contributed by atoms with Gasteiger partial charge >= 0.3 is 12.2 Å². The van der Waals surface area contributed by atoms with E-state index in [4.69, 9.17) is 4.74 Å². The van der Waals surface area contributed by atoms with Gasteiger partial charge in [0.2, 0.25) is 0 Å². The lowest BCUT2D eigenvalue weighted by atomic mass is 10.1. The van der Waals surface area contributed by atoms with E-state index in [9.17, 15) is 18.0 Å². The van der Waals surface area contributed by atoms with Crippen LogP contribution in [-0.4, -0.2) is 63.7 Å². The van der Waals surface area contributed by atoms with E-state index in [-0.39, 0.29) is 17.5 Å². The second-order valence-electron chi connectivity index (χ2n) is 9.21. The average molecular weight is 541 g/mol. The minimum Gasteiger partial charge on any atom is -0.490 e. The maximum atomic E-state index is 13.8. The van der Waals surface area contributed by atoms with Crippen LogP contribution in [0, 0.1) is 0 Å². The molecule has 2 aromatic heterocycles. The van der Waals surface area contributed by atoms with E-state index in [0.717, 1.165) is 24.8 Å². The van der Waals surface area contributed by atoms with Crippen LogP contribution in [0.15, 0.2) is 55.1 Å². The Hall–Kier alpha value is -4.39. The van der Waals surface area contributed by atoms with Crippen LogP contribution in [0.4, 0.5) is 35.2 Å². The fourth-order valence-corrected chi connectivity index (χ4v) is 4.42. The number of imidazole rings is 1. The molecule has 5 rings (SSSR count). The Balaban J connectivity index is 1.26. The number of rotatable bonds is 6. The highest BCUT2D eigenvalue weighted by atomic mass is 19.4. The number of nitrogens with one attached hydrogen (secondary N) is 3. The van der Waals surface area contributed by atoms with Crippen LogP contribution in [0.5, 0.6) is 5.75 Å². The monoisotopic (exact) mass is 540 g/mol. The number of anilines is 3. The van der Waals surface area contributed by atoms with Crippen molar-refractivity contribution in [2.75, 3.05) is 43.1 Å². The van der Waals surface area contributed by atoms with Crippen molar-refractivity contribution in [2.24, 2.45) is 0 Å². The molecule has 1 aliphatic rings. The Morgan fingerprint density at radius 3 is 2.38 bits per heavy atom. The van der Waals surface area contributed by atoms with Crippen molar-refractivity contribution < 1.29 is 22.7 Å². The van der Waals surface area contributed by atoms with Crippen molar-refractivity contribution in [1.82, 2.24) is 24.4 Å². The third-order valence-corrected chi connectivity index (χ3v) is 6.48. The number of carbonyl (C=O) groups is 1. The summed E-state index contributed by atoms with van der Waals surface area (Å²) < 4.78 is 48.8. The SMILES string of the molecule is CNc1ncnc2c1ncn2-c1ccc(NC(=O)Nc2ccc(OC3CCN(C)CC3)c(C(F)(F)F)c2)cc1. The first-order valence-corrected chi connectivity index (χ1v) is 12.3. The molecule has 2 aromatic carbocycles. The van der Waals surface area contributed by atoms with Crippen molar-refractivity contribution in [1.29, 1.82) is 0 Å². The molecule has 0 radical (unpaired) electrons. The van der Waals surface area contributed by atoms with Gasteiger partial charge in [0.15, 0.2) is 17.0 Å². The lowest BCUT2D eigenvalue weighted by Crippen LogP contribution is -2.36. The van der Waals surface area contributed by atoms with Crippen LogP contribution in [-0.2, 0) is 6.18 Å². The first-order chi connectivity index (χ1) is 18.7. The van der Waals surface area contributed by atoms with Crippen LogP contribution >= 0.6 is 0 Å². The summed E-state index contributed by atoms with van der Waals surface area (Å²) in [6.45, 7) is 1.52. The normalized spacial score (nSPS) is 14.8. The molecule has 0 saturated carbocycles. The number of nitrogens with zero attached hydrogens (tertiary/aromatic N) is 5. The zero-order valence-corrected chi connectivity index (χ0v) is 21.3. The zero-order chi connectivity index (χ0) is 27.6. The highest BCUT2D eigenvalue weighted by Gasteiger charge is 2.35. The van der Waals surface area contributed by atoms with Gasteiger partial charge in [-0.05, 0) is 62.4 Å². The predicted molar refractivity (Wildman–Crippen MR) is 141 cm³/mol. The van der Waals surface area contributed by atoms with Gasteiger partial charge in [0.05, 0.1) is 5.56 Å². The number of carbonyl (C=O) groups excluding carboxylic acids is 1. The first kappa shape index (κ1) is 26.2. The number of piperidine rings is 1. The Labute approximate surface area is 222 Å². The Morgan fingerprint density at radius 2 is 1.69 bits per heavy atom. The van der Waals surface area contributed by atoms with Crippen LogP contribution in [0.3, 0.4) is 0 Å². The minimum absolute atomic E-state index is 0.00270. The van der Waals surface area contributed by atoms with Crippen molar-refractivity contribution in [3.05, 3.63) is 60.7 Å². The molecule has 13 heteroatoms. The second kappa shape index (κ2) is 10.8. The van der Waals surface area contributed by atoms with E-state index in [0.29, 0.717) is 35.5 Å². The number of hydrogen-bond donors (Lipinski definition) is 3. The number of fused-ring (bicyclic) bond motifs is 1. The fraction of sp³-hybridized carbons (Fsp3) is 0.308. The predicted octanol–water partition coefficient (Wildman–Crippen LogP) is 4.99. The van der Waals surface area contributed by atoms with Crippen LogP contribution in [0.2, 0.25) is 0 Å². The average Bonchev–Trinajstić information content (AvgIpc) is 3.35. The third kappa shape index (κ3) is 5.87. The number of hydrogen-bond acceptors (Lipinski definition) is 7. The molecular weight excluding hydrogens is 513 g/mol. The van der Waals surface area contributed by atoms with Crippen molar-refractivity contribution in [3.63, 3.8) is 0 Å². The molecule has 0 aliphatic carbocycles. The number of urea groups is 1. The lowest BCUT2D eigenvalue weighted by molar-refractivity contribution is -0.139. The fourth-order valence-electron chi connectivity index (χ4n) is 4.42. The van der Waals surface area contributed by atoms with Gasteiger partial charge in [-0.3, -0.25) is 4.57 Å². The van der Waals surface area contributed by atoms with Gasteiger partial charge in [0, 0.05) is 37.2 Å². The quantitative estimate of drug-likeness (QED) is 0.316. The van der Waals surface area contributed by atoms with Gasteiger partial charge in [-0.2, -0.15) is 13.2 Å². The molecule has 204 valence electrons. The van der Waals surface area contributed by atoms with Crippen LogP contribution in [0.1, 0.15) is 18.4 Å². The molecule has 3 N–H and O–H groups in total. The van der Waals surface area contributed by atoms with Gasteiger partial charge in [0.1, 0.15) is 24.5 Å². The van der Waals surface area contributed by atoms with E-state index in [1.54, 1.807) is 42.2 Å². The molecular formula is C26H27F3N8O2. The molecule has 0 bridgehead atoms. The smallest absolute Gasteiger partial charge is 0.420 e. The van der Waals surface area contributed by atoms with Crippen LogP contribution < -0.4 is 20.7 Å². The van der Waals surface area contributed by atoms with Crippen molar-refractivity contribution in [2.45, 2.75) is 25.1 Å². The first-order valence-electron chi connectivity index (χ1n) is 12.3. The summed E-state index contributed by atoms with van der Waals surface area (Å²) in [6.07, 6.45) is -0.572.